The molecule has 3 aromatic carbocycles. The normalized spacial score (nSPS) is 13.1. The summed E-state index contributed by atoms with van der Waals surface area (Å²) in [4.78, 5) is 9.67. The lowest BCUT2D eigenvalue weighted by molar-refractivity contribution is 0.338. The number of ether oxygens (including phenoxy) is 2. The Hall–Kier alpha value is -3.59. The highest BCUT2D eigenvalue weighted by molar-refractivity contribution is 6.91. The zero-order chi connectivity index (χ0) is 33.6. The molecular formula is C40H50N2O2Si2. The number of nitrogens with zero attached hydrogens (tertiary/aromatic N) is 2. The van der Waals surface area contributed by atoms with Gasteiger partial charge in [0.2, 0.25) is 0 Å². The molecule has 0 aliphatic carbocycles. The van der Waals surface area contributed by atoms with Crippen LogP contribution in [0.4, 0.5) is 0 Å². The van der Waals surface area contributed by atoms with E-state index in [0.29, 0.717) is 56.5 Å². The summed E-state index contributed by atoms with van der Waals surface area (Å²) in [6, 6.07) is 16.3. The molecule has 240 valence electrons. The van der Waals surface area contributed by atoms with Crippen LogP contribution in [-0.2, 0) is 0 Å². The van der Waals surface area contributed by atoms with Crippen LogP contribution in [0.25, 0.3) is 21.8 Å². The van der Waals surface area contributed by atoms with E-state index in [0.717, 1.165) is 32.9 Å². The molecular weight excluding hydrogens is 597 g/mol. The van der Waals surface area contributed by atoms with Gasteiger partial charge in [0, 0.05) is 10.8 Å². The highest BCUT2D eigenvalue weighted by Crippen LogP contribution is 2.51. The van der Waals surface area contributed by atoms with Crippen LogP contribution in [0.2, 0.25) is 33.2 Å². The molecule has 0 saturated carbocycles. The SMILES string of the molecule is CC(C)[Si](C#Cc1c2c(c(C#C[Si](C(C)C)(C(C)C)C(C)C)c3ccccc13)Oc1nc3ccccc3nc1O2)(C(C)C)C(C)C. The quantitative estimate of drug-likeness (QED) is 0.136. The summed E-state index contributed by atoms with van der Waals surface area (Å²) >= 11 is 0. The summed E-state index contributed by atoms with van der Waals surface area (Å²) in [5.74, 6) is 9.39. The number of para-hydroxylation sites is 2. The summed E-state index contributed by atoms with van der Waals surface area (Å²) < 4.78 is 13.5. The molecule has 2 heterocycles. The lowest BCUT2D eigenvalue weighted by Crippen LogP contribution is -2.43. The molecule has 0 radical (unpaired) electrons. The minimum absolute atomic E-state index is 0.360. The first kappa shape index (κ1) is 33.8. The monoisotopic (exact) mass is 646 g/mol. The van der Waals surface area contributed by atoms with Crippen LogP contribution in [-0.4, -0.2) is 26.1 Å². The Kier molecular flexibility index (Phi) is 9.47. The Bertz CT molecular complexity index is 1720. The van der Waals surface area contributed by atoms with Crippen LogP contribution >= 0.6 is 0 Å². The molecule has 5 rings (SSSR count). The van der Waals surface area contributed by atoms with E-state index in [1.807, 2.05) is 24.3 Å². The van der Waals surface area contributed by atoms with Gasteiger partial charge in [0.25, 0.3) is 11.8 Å². The lowest BCUT2D eigenvalue weighted by atomic mass is 9.97. The second kappa shape index (κ2) is 12.9. The highest BCUT2D eigenvalue weighted by atomic mass is 28.3. The molecule has 1 aromatic heterocycles. The van der Waals surface area contributed by atoms with Crippen molar-refractivity contribution in [2.24, 2.45) is 0 Å². The summed E-state index contributed by atoms with van der Waals surface area (Å²) in [5.41, 5.74) is 14.1. The maximum Gasteiger partial charge on any atom is 0.284 e. The standard InChI is InChI=1S/C40H50N2O2Si2/c1-25(2)45(26(3)4,27(5)6)23-21-33-31-17-13-14-18-32(31)34(22-24-46(28(7)8,29(9)10)30(11)12)38-37(33)43-39-40(44-38)42-36-20-16-15-19-35(36)41-39/h13-20,25-30H,1-12H3. The number of hydrogen-bond acceptors (Lipinski definition) is 4. The molecule has 6 heteroatoms. The molecule has 0 atom stereocenters. The molecule has 1 aliphatic rings. The Labute approximate surface area is 278 Å². The summed E-state index contributed by atoms with van der Waals surface area (Å²) in [6.07, 6.45) is 0. The average Bonchev–Trinajstić information content (AvgIpc) is 2.99. The van der Waals surface area contributed by atoms with Crippen LogP contribution in [0.1, 0.15) is 94.2 Å². The Morgan fingerprint density at radius 1 is 0.478 bits per heavy atom. The van der Waals surface area contributed by atoms with Crippen molar-refractivity contribution in [3.05, 3.63) is 59.7 Å². The van der Waals surface area contributed by atoms with Gasteiger partial charge in [0.15, 0.2) is 11.5 Å². The maximum absolute atomic E-state index is 6.74. The molecule has 0 fully saturated rings. The minimum atomic E-state index is -2.05. The Balaban J connectivity index is 1.87. The second-order valence-corrected chi connectivity index (χ2v) is 25.9. The van der Waals surface area contributed by atoms with Gasteiger partial charge in [0.05, 0.1) is 22.2 Å². The molecule has 0 N–H and O–H groups in total. The largest absolute Gasteiger partial charge is 0.429 e. The third-order valence-electron chi connectivity index (χ3n) is 10.6. The molecule has 46 heavy (non-hydrogen) atoms. The van der Waals surface area contributed by atoms with E-state index in [2.05, 4.69) is 130 Å². The number of rotatable bonds is 6. The number of hydrogen-bond donors (Lipinski definition) is 0. The lowest BCUT2D eigenvalue weighted by Gasteiger charge is -2.38. The predicted octanol–water partition coefficient (Wildman–Crippen LogP) is 11.8. The fourth-order valence-electron chi connectivity index (χ4n) is 8.34. The summed E-state index contributed by atoms with van der Waals surface area (Å²) in [5, 5.41) is 2.06. The first-order chi connectivity index (χ1) is 21.7. The minimum Gasteiger partial charge on any atom is -0.429 e. The van der Waals surface area contributed by atoms with Crippen LogP contribution in [0.3, 0.4) is 0 Å². The number of aromatic nitrogens is 2. The van der Waals surface area contributed by atoms with Gasteiger partial charge in [0.1, 0.15) is 16.1 Å². The molecule has 1 aliphatic heterocycles. The smallest absolute Gasteiger partial charge is 0.284 e. The van der Waals surface area contributed by atoms with Crippen LogP contribution in [0.5, 0.6) is 23.3 Å². The fraction of sp³-hybridized carbons (Fsp3) is 0.450. The number of fused-ring (bicyclic) bond motifs is 4. The van der Waals surface area contributed by atoms with E-state index in [1.165, 1.54) is 0 Å². The first-order valence-corrected chi connectivity index (χ1v) is 21.5. The molecule has 0 spiro atoms. The van der Waals surface area contributed by atoms with Crippen molar-refractivity contribution in [3.8, 4) is 46.2 Å². The van der Waals surface area contributed by atoms with Crippen molar-refractivity contribution in [2.45, 2.75) is 116 Å². The van der Waals surface area contributed by atoms with Crippen LogP contribution < -0.4 is 9.47 Å². The van der Waals surface area contributed by atoms with Gasteiger partial charge in [-0.2, -0.15) is 0 Å². The molecule has 0 unspecified atom stereocenters. The maximum atomic E-state index is 6.74. The summed E-state index contributed by atoms with van der Waals surface area (Å²) in [6.45, 7) is 28.1. The molecule has 0 saturated heterocycles. The average molecular weight is 647 g/mol. The topological polar surface area (TPSA) is 44.2 Å². The van der Waals surface area contributed by atoms with E-state index < -0.39 is 16.1 Å². The van der Waals surface area contributed by atoms with Crippen molar-refractivity contribution in [3.63, 3.8) is 0 Å². The molecule has 0 bridgehead atoms. The van der Waals surface area contributed by atoms with Crippen LogP contribution in [0, 0.1) is 22.9 Å². The van der Waals surface area contributed by atoms with Gasteiger partial charge in [-0.25, -0.2) is 9.97 Å². The Morgan fingerprint density at radius 3 is 1.09 bits per heavy atom. The van der Waals surface area contributed by atoms with E-state index in [4.69, 9.17) is 19.4 Å². The van der Waals surface area contributed by atoms with Crippen molar-refractivity contribution in [1.29, 1.82) is 0 Å². The third kappa shape index (κ3) is 5.54. The first-order valence-electron chi connectivity index (χ1n) is 17.0. The highest BCUT2D eigenvalue weighted by Gasteiger charge is 2.43. The van der Waals surface area contributed by atoms with Gasteiger partial charge in [-0.05, 0) is 45.4 Å². The van der Waals surface area contributed by atoms with E-state index in [1.54, 1.807) is 0 Å². The third-order valence-corrected chi connectivity index (χ3v) is 23.2. The van der Waals surface area contributed by atoms with Gasteiger partial charge in [-0.1, -0.05) is 131 Å². The van der Waals surface area contributed by atoms with E-state index in [9.17, 15) is 0 Å². The van der Waals surface area contributed by atoms with Gasteiger partial charge < -0.3 is 9.47 Å². The predicted molar refractivity (Wildman–Crippen MR) is 199 cm³/mol. The van der Waals surface area contributed by atoms with Crippen molar-refractivity contribution < 1.29 is 9.47 Å². The van der Waals surface area contributed by atoms with Crippen molar-refractivity contribution >= 4 is 38.0 Å². The van der Waals surface area contributed by atoms with E-state index in [-0.39, 0.29) is 0 Å². The van der Waals surface area contributed by atoms with Gasteiger partial charge in [-0.3, -0.25) is 0 Å². The molecule has 0 amide bonds. The zero-order valence-corrected chi connectivity index (χ0v) is 31.8. The number of benzene rings is 3. The molecule has 4 nitrogen and oxygen atoms in total. The van der Waals surface area contributed by atoms with Gasteiger partial charge in [-0.15, -0.1) is 11.1 Å². The van der Waals surface area contributed by atoms with Crippen LogP contribution in [0.15, 0.2) is 48.5 Å². The summed E-state index contributed by atoms with van der Waals surface area (Å²) in [7, 11) is -4.10. The Morgan fingerprint density at radius 2 is 0.783 bits per heavy atom. The van der Waals surface area contributed by atoms with Crippen molar-refractivity contribution in [1.82, 2.24) is 9.97 Å². The van der Waals surface area contributed by atoms with Gasteiger partial charge >= 0.3 is 0 Å². The van der Waals surface area contributed by atoms with E-state index >= 15 is 0 Å². The molecule has 4 aromatic rings. The fourth-order valence-corrected chi connectivity index (χ4v) is 18.8. The second-order valence-electron chi connectivity index (χ2n) is 14.8. The van der Waals surface area contributed by atoms with Crippen molar-refractivity contribution in [2.75, 3.05) is 0 Å². The zero-order valence-electron chi connectivity index (χ0n) is 29.8.